The minimum atomic E-state index is 0.0521. The van der Waals surface area contributed by atoms with Crippen LogP contribution in [-0.4, -0.2) is 17.2 Å². The molecule has 3 aromatic rings. The van der Waals surface area contributed by atoms with Crippen molar-refractivity contribution in [2.45, 2.75) is 13.0 Å². The van der Waals surface area contributed by atoms with E-state index >= 15 is 0 Å². The number of aromatic nitrogens is 2. The Morgan fingerprint density at radius 3 is 2.74 bits per heavy atom. The van der Waals surface area contributed by atoms with Crippen LogP contribution >= 0.6 is 0 Å². The lowest BCUT2D eigenvalue weighted by Crippen LogP contribution is -2.12. The highest BCUT2D eigenvalue weighted by molar-refractivity contribution is 5.94. The maximum atomic E-state index is 5.30. The van der Waals surface area contributed by atoms with Crippen molar-refractivity contribution in [1.82, 2.24) is 15.5 Å². The van der Waals surface area contributed by atoms with Crippen LogP contribution in [0.3, 0.4) is 0 Å². The van der Waals surface area contributed by atoms with Gasteiger partial charge in [-0.25, -0.2) is 0 Å². The van der Waals surface area contributed by atoms with E-state index < -0.39 is 0 Å². The minimum Gasteiger partial charge on any atom is -0.337 e. The molecule has 0 aliphatic rings. The van der Waals surface area contributed by atoms with Gasteiger partial charge in [-0.05, 0) is 24.7 Å². The monoisotopic (exact) mass is 253 g/mol. The Labute approximate surface area is 111 Å². The predicted molar refractivity (Wildman–Crippen MR) is 74.7 cm³/mol. The molecule has 4 nitrogen and oxygen atoms in total. The van der Waals surface area contributed by atoms with Gasteiger partial charge in [0.2, 0.25) is 11.7 Å². The molecule has 0 aliphatic carbocycles. The second kappa shape index (κ2) is 4.82. The third-order valence-corrected chi connectivity index (χ3v) is 3.28. The van der Waals surface area contributed by atoms with Gasteiger partial charge in [0.1, 0.15) is 0 Å². The Morgan fingerprint density at radius 1 is 1.11 bits per heavy atom. The zero-order valence-corrected chi connectivity index (χ0v) is 10.9. The first-order valence-electron chi connectivity index (χ1n) is 6.28. The van der Waals surface area contributed by atoms with Crippen LogP contribution in [-0.2, 0) is 0 Å². The van der Waals surface area contributed by atoms with Crippen LogP contribution in [0.2, 0.25) is 0 Å². The standard InChI is InChI=1S/C15H15N3O/c1-10(16-2)15-17-14(18-19-15)13-9-5-7-11-6-3-4-8-12(11)13/h3-10,16H,1-2H3. The van der Waals surface area contributed by atoms with Gasteiger partial charge in [0.15, 0.2) is 0 Å². The molecule has 0 amide bonds. The maximum absolute atomic E-state index is 5.30. The average Bonchev–Trinajstić information content (AvgIpc) is 2.95. The van der Waals surface area contributed by atoms with Gasteiger partial charge in [-0.2, -0.15) is 4.98 Å². The van der Waals surface area contributed by atoms with Crippen molar-refractivity contribution in [3.63, 3.8) is 0 Å². The lowest BCUT2D eigenvalue weighted by Gasteiger charge is -2.02. The molecule has 2 aromatic carbocycles. The molecule has 1 atom stereocenters. The van der Waals surface area contributed by atoms with E-state index in [4.69, 9.17) is 4.52 Å². The second-order valence-corrected chi connectivity index (χ2v) is 4.49. The molecule has 1 unspecified atom stereocenters. The molecule has 96 valence electrons. The van der Waals surface area contributed by atoms with E-state index in [1.165, 1.54) is 5.39 Å². The van der Waals surface area contributed by atoms with Gasteiger partial charge in [-0.15, -0.1) is 0 Å². The first kappa shape index (κ1) is 11.9. The van der Waals surface area contributed by atoms with Gasteiger partial charge in [-0.1, -0.05) is 47.6 Å². The summed E-state index contributed by atoms with van der Waals surface area (Å²) in [6, 6.07) is 14.3. The predicted octanol–water partition coefficient (Wildman–Crippen LogP) is 3.17. The van der Waals surface area contributed by atoms with Crippen LogP contribution in [0.4, 0.5) is 0 Å². The van der Waals surface area contributed by atoms with E-state index in [0.717, 1.165) is 10.9 Å². The molecule has 1 aromatic heterocycles. The molecule has 0 saturated heterocycles. The number of rotatable bonds is 3. The number of nitrogens with one attached hydrogen (secondary N) is 1. The van der Waals surface area contributed by atoms with Crippen molar-refractivity contribution in [3.05, 3.63) is 48.4 Å². The molecule has 1 heterocycles. The molecule has 0 spiro atoms. The van der Waals surface area contributed by atoms with E-state index in [2.05, 4.69) is 33.7 Å². The van der Waals surface area contributed by atoms with E-state index in [9.17, 15) is 0 Å². The maximum Gasteiger partial charge on any atom is 0.243 e. The summed E-state index contributed by atoms with van der Waals surface area (Å²) in [5.74, 6) is 1.24. The van der Waals surface area contributed by atoms with Crippen LogP contribution in [0.1, 0.15) is 18.9 Å². The van der Waals surface area contributed by atoms with Crippen molar-refractivity contribution in [3.8, 4) is 11.4 Å². The van der Waals surface area contributed by atoms with Crippen molar-refractivity contribution >= 4 is 10.8 Å². The Kier molecular flexibility index (Phi) is 3.01. The fourth-order valence-electron chi connectivity index (χ4n) is 2.06. The van der Waals surface area contributed by atoms with Gasteiger partial charge in [0.05, 0.1) is 6.04 Å². The summed E-state index contributed by atoms with van der Waals surface area (Å²) in [7, 11) is 1.87. The number of fused-ring (bicyclic) bond motifs is 1. The van der Waals surface area contributed by atoms with Crippen molar-refractivity contribution in [1.29, 1.82) is 0 Å². The number of hydrogen-bond donors (Lipinski definition) is 1. The highest BCUT2D eigenvalue weighted by Crippen LogP contribution is 2.27. The Bertz CT molecular complexity index is 700. The third kappa shape index (κ3) is 2.11. The summed E-state index contributed by atoms with van der Waals surface area (Å²) in [4.78, 5) is 4.46. The highest BCUT2D eigenvalue weighted by Gasteiger charge is 2.14. The molecule has 0 aliphatic heterocycles. The zero-order chi connectivity index (χ0) is 13.2. The number of hydrogen-bond acceptors (Lipinski definition) is 4. The molecule has 0 saturated carbocycles. The summed E-state index contributed by atoms with van der Waals surface area (Å²) >= 11 is 0. The molecule has 3 rings (SSSR count). The van der Waals surface area contributed by atoms with E-state index in [1.807, 2.05) is 38.2 Å². The largest absolute Gasteiger partial charge is 0.337 e. The summed E-state index contributed by atoms with van der Waals surface area (Å²) in [5, 5.41) is 9.47. The molecular weight excluding hydrogens is 238 g/mol. The summed E-state index contributed by atoms with van der Waals surface area (Å²) in [6.07, 6.45) is 0. The Hall–Kier alpha value is -2.20. The lowest BCUT2D eigenvalue weighted by atomic mass is 10.0. The fraction of sp³-hybridized carbons (Fsp3) is 0.200. The van der Waals surface area contributed by atoms with Crippen molar-refractivity contribution in [2.75, 3.05) is 7.05 Å². The summed E-state index contributed by atoms with van der Waals surface area (Å²) in [6.45, 7) is 1.99. The quantitative estimate of drug-likeness (QED) is 0.779. The Balaban J connectivity index is 2.12. The fourth-order valence-corrected chi connectivity index (χ4v) is 2.06. The third-order valence-electron chi connectivity index (χ3n) is 3.28. The van der Waals surface area contributed by atoms with Crippen LogP contribution in [0.25, 0.3) is 22.2 Å². The molecule has 0 fully saturated rings. The smallest absolute Gasteiger partial charge is 0.243 e. The average molecular weight is 253 g/mol. The molecule has 1 N–H and O–H groups in total. The van der Waals surface area contributed by atoms with Gasteiger partial charge >= 0.3 is 0 Å². The first-order valence-corrected chi connectivity index (χ1v) is 6.28. The van der Waals surface area contributed by atoms with E-state index in [1.54, 1.807) is 0 Å². The van der Waals surface area contributed by atoms with Gasteiger partial charge in [-0.3, -0.25) is 0 Å². The van der Waals surface area contributed by atoms with Crippen LogP contribution in [0.5, 0.6) is 0 Å². The van der Waals surface area contributed by atoms with Crippen LogP contribution < -0.4 is 5.32 Å². The van der Waals surface area contributed by atoms with Crippen molar-refractivity contribution < 1.29 is 4.52 Å². The summed E-state index contributed by atoms with van der Waals surface area (Å²) in [5.41, 5.74) is 0.997. The molecule has 4 heteroatoms. The zero-order valence-electron chi connectivity index (χ0n) is 10.9. The van der Waals surface area contributed by atoms with Crippen LogP contribution in [0, 0.1) is 0 Å². The SMILES string of the molecule is CNC(C)c1nc(-c2cccc3ccccc23)no1. The lowest BCUT2D eigenvalue weighted by molar-refractivity contribution is 0.347. The first-order chi connectivity index (χ1) is 9.29. The van der Waals surface area contributed by atoms with Crippen molar-refractivity contribution in [2.24, 2.45) is 0 Å². The second-order valence-electron chi connectivity index (χ2n) is 4.49. The molecular formula is C15H15N3O. The molecule has 0 radical (unpaired) electrons. The number of benzene rings is 2. The number of nitrogens with zero attached hydrogens (tertiary/aromatic N) is 2. The molecule has 0 bridgehead atoms. The summed E-state index contributed by atoms with van der Waals surface area (Å²) < 4.78 is 5.30. The van der Waals surface area contributed by atoms with Gasteiger partial charge in [0, 0.05) is 5.56 Å². The van der Waals surface area contributed by atoms with Crippen LogP contribution in [0.15, 0.2) is 47.0 Å². The van der Waals surface area contributed by atoms with E-state index in [-0.39, 0.29) is 6.04 Å². The topological polar surface area (TPSA) is 51.0 Å². The van der Waals surface area contributed by atoms with Gasteiger partial charge < -0.3 is 9.84 Å². The molecule has 19 heavy (non-hydrogen) atoms. The minimum absolute atomic E-state index is 0.0521. The van der Waals surface area contributed by atoms with E-state index in [0.29, 0.717) is 11.7 Å². The Morgan fingerprint density at radius 2 is 1.89 bits per heavy atom. The van der Waals surface area contributed by atoms with Gasteiger partial charge in [0.25, 0.3) is 0 Å². The normalized spacial score (nSPS) is 12.7. The highest BCUT2D eigenvalue weighted by atomic mass is 16.5.